The highest BCUT2D eigenvalue weighted by Crippen LogP contribution is 2.23. The average molecular weight is 297 g/mol. The number of amides is 1. The monoisotopic (exact) mass is 296 g/mol. The molecule has 0 fully saturated rings. The molecule has 1 unspecified atom stereocenters. The van der Waals surface area contributed by atoms with Crippen molar-refractivity contribution in [1.29, 1.82) is 0 Å². The number of hydrogen-bond donors (Lipinski definition) is 2. The van der Waals surface area contributed by atoms with Gasteiger partial charge in [0.2, 0.25) is 5.91 Å². The van der Waals surface area contributed by atoms with Crippen LogP contribution in [0.4, 0.5) is 0 Å². The zero-order chi connectivity index (χ0) is 15.3. The number of rotatable bonds is 5. The summed E-state index contributed by atoms with van der Waals surface area (Å²) in [7, 11) is 0. The van der Waals surface area contributed by atoms with E-state index in [1.807, 2.05) is 31.2 Å². The fourth-order valence-electron chi connectivity index (χ4n) is 2.30. The number of benzene rings is 1. The van der Waals surface area contributed by atoms with E-state index in [0.29, 0.717) is 11.4 Å². The molecular weight excluding hydrogens is 272 g/mol. The summed E-state index contributed by atoms with van der Waals surface area (Å²) in [5, 5.41) is 3.62. The second-order valence-corrected chi connectivity index (χ2v) is 6.95. The van der Waals surface area contributed by atoms with E-state index in [-0.39, 0.29) is 23.4 Å². The van der Waals surface area contributed by atoms with Crippen LogP contribution in [0.25, 0.3) is 0 Å². The third-order valence-electron chi connectivity index (χ3n) is 3.07. The van der Waals surface area contributed by atoms with E-state index in [1.165, 1.54) is 0 Å². The summed E-state index contributed by atoms with van der Waals surface area (Å²) in [6.45, 7) is 8.29. The van der Waals surface area contributed by atoms with Gasteiger partial charge in [0.25, 0.3) is 0 Å². The van der Waals surface area contributed by atoms with Gasteiger partial charge in [-0.25, -0.2) is 0 Å². The molecule has 0 bridgehead atoms. The molecule has 0 aromatic heterocycles. The van der Waals surface area contributed by atoms with Gasteiger partial charge in [-0.05, 0) is 30.4 Å². The Kier molecular flexibility index (Phi) is 6.03. The zero-order valence-corrected chi connectivity index (χ0v) is 13.5. The van der Waals surface area contributed by atoms with Crippen LogP contribution in [0.1, 0.15) is 52.1 Å². The van der Waals surface area contributed by atoms with E-state index in [0.717, 1.165) is 12.0 Å². The van der Waals surface area contributed by atoms with Crippen LogP contribution in [0, 0.1) is 5.41 Å². The minimum Gasteiger partial charge on any atom is -0.349 e. The molecule has 1 rings (SSSR count). The van der Waals surface area contributed by atoms with Crippen molar-refractivity contribution in [2.45, 2.75) is 52.6 Å². The summed E-state index contributed by atoms with van der Waals surface area (Å²) in [5.74, 6) is -0.0332. The second kappa shape index (κ2) is 7.09. The Morgan fingerprint density at radius 2 is 1.95 bits per heavy atom. The first-order valence-electron chi connectivity index (χ1n) is 6.98. The third-order valence-corrected chi connectivity index (χ3v) is 3.42. The second-order valence-electron chi connectivity index (χ2n) is 6.54. The third kappa shape index (κ3) is 5.93. The molecule has 0 aliphatic heterocycles. The van der Waals surface area contributed by atoms with E-state index in [4.69, 9.17) is 17.3 Å². The lowest BCUT2D eigenvalue weighted by Crippen LogP contribution is -2.35. The summed E-state index contributed by atoms with van der Waals surface area (Å²) in [6, 6.07) is 7.30. The van der Waals surface area contributed by atoms with Gasteiger partial charge in [-0.15, -0.1) is 0 Å². The van der Waals surface area contributed by atoms with Crippen LogP contribution in [0.3, 0.4) is 0 Å². The predicted octanol–water partition coefficient (Wildman–Crippen LogP) is 3.67. The molecule has 0 aliphatic rings. The molecule has 1 aromatic carbocycles. The van der Waals surface area contributed by atoms with Gasteiger partial charge in [0.05, 0.1) is 6.04 Å². The van der Waals surface area contributed by atoms with Crippen molar-refractivity contribution in [1.82, 2.24) is 5.32 Å². The topological polar surface area (TPSA) is 55.1 Å². The van der Waals surface area contributed by atoms with Crippen LogP contribution in [0.15, 0.2) is 24.3 Å². The Bertz CT molecular complexity index is 454. The number of nitrogens with two attached hydrogens (primary N) is 1. The Morgan fingerprint density at radius 1 is 1.35 bits per heavy atom. The van der Waals surface area contributed by atoms with Crippen molar-refractivity contribution in [2.24, 2.45) is 11.1 Å². The van der Waals surface area contributed by atoms with Gasteiger partial charge in [-0.2, -0.15) is 0 Å². The first kappa shape index (κ1) is 17.0. The van der Waals surface area contributed by atoms with Crippen LogP contribution in [0.2, 0.25) is 5.02 Å². The number of halogens is 1. The molecule has 3 nitrogen and oxygen atoms in total. The molecule has 112 valence electrons. The molecule has 20 heavy (non-hydrogen) atoms. The van der Waals surface area contributed by atoms with Crippen LogP contribution in [-0.2, 0) is 4.79 Å². The van der Waals surface area contributed by atoms with Crippen molar-refractivity contribution in [2.75, 3.05) is 0 Å². The molecule has 0 saturated carbocycles. The highest BCUT2D eigenvalue weighted by atomic mass is 35.5. The summed E-state index contributed by atoms with van der Waals surface area (Å²) in [4.78, 5) is 12.0. The standard InChI is InChI=1S/C16H25ClN2O/c1-11(13-7-5-6-8-14(13)17)19-15(20)9-12(18)10-16(2,3)4/h5-8,11-12H,9-10,18H2,1-4H3,(H,19,20)/t11-,12?/m1/s1. The van der Waals surface area contributed by atoms with Crippen molar-refractivity contribution < 1.29 is 4.79 Å². The Hall–Kier alpha value is -1.06. The molecule has 1 aromatic rings. The molecule has 0 aliphatic carbocycles. The van der Waals surface area contributed by atoms with Gasteiger partial charge in [-0.3, -0.25) is 4.79 Å². The molecule has 1 amide bonds. The van der Waals surface area contributed by atoms with Gasteiger partial charge in [0.1, 0.15) is 0 Å². The lowest BCUT2D eigenvalue weighted by Gasteiger charge is -2.23. The Labute approximate surface area is 126 Å². The first-order chi connectivity index (χ1) is 9.19. The van der Waals surface area contributed by atoms with Crippen molar-refractivity contribution >= 4 is 17.5 Å². The maximum atomic E-state index is 12.0. The van der Waals surface area contributed by atoms with E-state index < -0.39 is 0 Å². The minimum atomic E-state index is -0.117. The lowest BCUT2D eigenvalue weighted by molar-refractivity contribution is -0.122. The average Bonchev–Trinajstić information content (AvgIpc) is 2.25. The predicted molar refractivity (Wildman–Crippen MR) is 84.7 cm³/mol. The van der Waals surface area contributed by atoms with Gasteiger partial charge in [0.15, 0.2) is 0 Å². The largest absolute Gasteiger partial charge is 0.349 e. The quantitative estimate of drug-likeness (QED) is 0.871. The maximum Gasteiger partial charge on any atom is 0.222 e. The molecule has 0 spiro atoms. The SMILES string of the molecule is C[C@@H](NC(=O)CC(N)CC(C)(C)C)c1ccccc1Cl. The van der Waals surface area contributed by atoms with Crippen molar-refractivity contribution in [3.63, 3.8) is 0 Å². The smallest absolute Gasteiger partial charge is 0.222 e. The van der Waals surface area contributed by atoms with Gasteiger partial charge < -0.3 is 11.1 Å². The fourth-order valence-corrected chi connectivity index (χ4v) is 2.60. The zero-order valence-electron chi connectivity index (χ0n) is 12.7. The van der Waals surface area contributed by atoms with Crippen molar-refractivity contribution in [3.8, 4) is 0 Å². The van der Waals surface area contributed by atoms with E-state index in [9.17, 15) is 4.79 Å². The van der Waals surface area contributed by atoms with Crippen molar-refractivity contribution in [3.05, 3.63) is 34.9 Å². The fraction of sp³-hybridized carbons (Fsp3) is 0.562. The summed E-state index contributed by atoms with van der Waals surface area (Å²) in [6.07, 6.45) is 1.16. The lowest BCUT2D eigenvalue weighted by atomic mass is 9.87. The summed E-state index contributed by atoms with van der Waals surface area (Å²) >= 11 is 6.12. The first-order valence-corrected chi connectivity index (χ1v) is 7.36. The number of carbonyl (C=O) groups is 1. The molecule has 0 heterocycles. The summed E-state index contributed by atoms with van der Waals surface area (Å²) in [5.41, 5.74) is 7.07. The number of nitrogens with one attached hydrogen (secondary N) is 1. The van der Waals surface area contributed by atoms with Gasteiger partial charge >= 0.3 is 0 Å². The molecule has 0 radical (unpaired) electrons. The number of hydrogen-bond acceptors (Lipinski definition) is 2. The van der Waals surface area contributed by atoms with Gasteiger partial charge in [0, 0.05) is 17.5 Å². The highest BCUT2D eigenvalue weighted by molar-refractivity contribution is 6.31. The normalized spacial score (nSPS) is 14.7. The molecule has 0 saturated heterocycles. The molecule has 2 atom stereocenters. The highest BCUT2D eigenvalue weighted by Gasteiger charge is 2.19. The molecule has 4 heteroatoms. The van der Waals surface area contributed by atoms with E-state index in [2.05, 4.69) is 26.1 Å². The maximum absolute atomic E-state index is 12.0. The van der Waals surface area contributed by atoms with E-state index in [1.54, 1.807) is 0 Å². The van der Waals surface area contributed by atoms with Crippen LogP contribution < -0.4 is 11.1 Å². The minimum absolute atomic E-state index is 0.0332. The number of carbonyl (C=O) groups excluding carboxylic acids is 1. The summed E-state index contributed by atoms with van der Waals surface area (Å²) < 4.78 is 0. The van der Waals surface area contributed by atoms with Crippen LogP contribution in [-0.4, -0.2) is 11.9 Å². The Morgan fingerprint density at radius 3 is 2.50 bits per heavy atom. The van der Waals surface area contributed by atoms with E-state index >= 15 is 0 Å². The Balaban J connectivity index is 2.52. The van der Waals surface area contributed by atoms with Crippen LogP contribution >= 0.6 is 11.6 Å². The van der Waals surface area contributed by atoms with Crippen LogP contribution in [0.5, 0.6) is 0 Å². The van der Waals surface area contributed by atoms with Gasteiger partial charge in [-0.1, -0.05) is 50.6 Å². The molecular formula is C16H25ClN2O. The molecule has 3 N–H and O–H groups in total.